The summed E-state index contributed by atoms with van der Waals surface area (Å²) in [6.45, 7) is 9.22. The van der Waals surface area contributed by atoms with Gasteiger partial charge in [-0.1, -0.05) is 262 Å². The fourth-order valence-electron chi connectivity index (χ4n) is 19.2. The van der Waals surface area contributed by atoms with E-state index in [2.05, 4.69) is 244 Å². The second-order valence-corrected chi connectivity index (χ2v) is 30.6. The van der Waals surface area contributed by atoms with Crippen LogP contribution in [0.25, 0.3) is 98.4 Å². The third kappa shape index (κ3) is 10.5. The number of para-hydroxylation sites is 4. The van der Waals surface area contributed by atoms with E-state index in [1.165, 1.54) is 217 Å². The maximum Gasteiger partial charge on any atom is 0.159 e. The highest BCUT2D eigenvalue weighted by atomic mass is 16.3. The molecule has 2 aromatic heterocycles. The van der Waals surface area contributed by atoms with Crippen LogP contribution in [0.2, 0.25) is 0 Å². The molecule has 4 fully saturated rings. The first-order chi connectivity index (χ1) is 48.3. The number of fused-ring (bicyclic) bond motifs is 6. The van der Waals surface area contributed by atoms with Gasteiger partial charge in [0, 0.05) is 54.8 Å². The third-order valence-corrected chi connectivity index (χ3v) is 24.2. The van der Waals surface area contributed by atoms with E-state index in [-0.39, 0.29) is 0 Å². The highest BCUT2D eigenvalue weighted by molar-refractivity contribution is 6.30. The lowest BCUT2D eigenvalue weighted by atomic mass is 9.77. The van der Waals surface area contributed by atoms with Gasteiger partial charge in [0.2, 0.25) is 0 Å². The number of nitrogens with zero attached hydrogens (tertiary/aromatic N) is 2. The van der Waals surface area contributed by atoms with Crippen molar-refractivity contribution in [1.29, 1.82) is 0 Å². The van der Waals surface area contributed by atoms with Gasteiger partial charge >= 0.3 is 0 Å². The maximum absolute atomic E-state index is 7.61. The van der Waals surface area contributed by atoms with Crippen molar-refractivity contribution < 1.29 is 8.83 Å². The van der Waals surface area contributed by atoms with E-state index in [4.69, 9.17) is 8.83 Å². The second kappa shape index (κ2) is 25.6. The molecule has 18 rings (SSSR count). The summed E-state index contributed by atoms with van der Waals surface area (Å²) in [5, 5.41) is 12.7. The van der Waals surface area contributed by atoms with Crippen molar-refractivity contribution in [2.24, 2.45) is 0 Å². The Kier molecular flexibility index (Phi) is 16.0. The van der Waals surface area contributed by atoms with Crippen LogP contribution < -0.4 is 9.80 Å². The molecule has 0 bridgehead atoms. The summed E-state index contributed by atoms with van der Waals surface area (Å²) in [5.74, 6) is 2.75. The first-order valence-corrected chi connectivity index (χ1v) is 38.0. The summed E-state index contributed by atoms with van der Waals surface area (Å²) in [6.07, 6.45) is 25.3. The van der Waals surface area contributed by atoms with E-state index in [0.717, 1.165) is 77.8 Å². The van der Waals surface area contributed by atoms with E-state index < -0.39 is 0 Å². The first-order valence-electron chi connectivity index (χ1n) is 38.0. The molecule has 4 heteroatoms. The smallest absolute Gasteiger partial charge is 0.159 e. The van der Waals surface area contributed by atoms with Crippen LogP contribution in [-0.2, 0) is 0 Å². The van der Waals surface area contributed by atoms with Gasteiger partial charge in [-0.25, -0.2) is 0 Å². The van der Waals surface area contributed by atoms with Gasteiger partial charge in [0.05, 0.1) is 22.7 Å². The van der Waals surface area contributed by atoms with Gasteiger partial charge in [0.25, 0.3) is 0 Å². The Morgan fingerprint density at radius 3 is 0.980 bits per heavy atom. The third-order valence-electron chi connectivity index (χ3n) is 24.2. The van der Waals surface area contributed by atoms with Crippen LogP contribution in [0.1, 0.15) is 225 Å². The monoisotopic (exact) mass is 1280 g/mol. The van der Waals surface area contributed by atoms with Crippen LogP contribution in [0.5, 0.6) is 0 Å². The van der Waals surface area contributed by atoms with Gasteiger partial charge in [0.1, 0.15) is 11.2 Å². The largest absolute Gasteiger partial charge is 0.453 e. The number of hydrogen-bond acceptors (Lipinski definition) is 4. The van der Waals surface area contributed by atoms with Gasteiger partial charge in [-0.2, -0.15) is 0 Å². The molecule has 490 valence electrons. The van der Waals surface area contributed by atoms with Gasteiger partial charge in [-0.3, -0.25) is 0 Å². The molecule has 0 saturated heterocycles. The van der Waals surface area contributed by atoms with E-state index >= 15 is 0 Å². The Morgan fingerprint density at radius 2 is 0.602 bits per heavy atom. The Labute approximate surface area is 579 Å². The van der Waals surface area contributed by atoms with Gasteiger partial charge in [-0.15, -0.1) is 0 Å². The molecule has 4 aliphatic rings. The minimum Gasteiger partial charge on any atom is -0.453 e. The molecule has 0 unspecified atom stereocenters. The summed E-state index contributed by atoms with van der Waals surface area (Å²) < 4.78 is 15.2. The van der Waals surface area contributed by atoms with Gasteiger partial charge in [-0.05, 0) is 201 Å². The molecule has 4 nitrogen and oxygen atoms in total. The topological polar surface area (TPSA) is 32.8 Å². The number of furan rings is 2. The molecule has 0 amide bonds. The fourth-order valence-corrected chi connectivity index (χ4v) is 19.2. The lowest BCUT2D eigenvalue weighted by molar-refractivity contribution is 0.443. The predicted molar refractivity (Wildman–Crippen MR) is 416 cm³/mol. The van der Waals surface area contributed by atoms with Crippen LogP contribution in [0.15, 0.2) is 215 Å². The highest BCUT2D eigenvalue weighted by Gasteiger charge is 2.33. The molecule has 0 radical (unpaired) electrons. The van der Waals surface area contributed by atoms with E-state index in [1.807, 2.05) is 0 Å². The van der Waals surface area contributed by atoms with Crippen molar-refractivity contribution in [3.05, 3.63) is 240 Å². The predicted octanol–water partition coefficient (Wildman–Crippen LogP) is 29.1. The Morgan fingerprint density at radius 1 is 0.276 bits per heavy atom. The zero-order valence-electron chi connectivity index (χ0n) is 57.9. The highest BCUT2D eigenvalue weighted by Crippen LogP contribution is 2.56. The van der Waals surface area contributed by atoms with Crippen molar-refractivity contribution >= 4 is 110 Å². The molecule has 4 saturated carbocycles. The zero-order valence-corrected chi connectivity index (χ0v) is 57.9. The molecule has 98 heavy (non-hydrogen) atoms. The van der Waals surface area contributed by atoms with E-state index in [1.54, 1.807) is 0 Å². The minimum atomic E-state index is 0.356. The lowest BCUT2D eigenvalue weighted by Crippen LogP contribution is -2.15. The van der Waals surface area contributed by atoms with Crippen LogP contribution in [0.4, 0.5) is 34.1 Å². The number of hydrogen-bond donors (Lipinski definition) is 0. The molecular formula is C94H92N2O2. The standard InChI is InChI=1S/C94H92N2O2/c1-59(2)69-33-17-19-35-71(69)75-37-21-39-77-79-41-23-43-85(93(79)97-91(75)77)95(67-49-45-63(46-50-67)61-25-9-5-10-26-61)87-57-83(65-29-13-7-14-30-65)73-54-56-82-88(58-84(66-31-15-8-16-32-66)74-53-55-81(87)89(73)90(74)82)96(68-51-47-64(48-52-68)62-27-11-6-12-28-62)86-44-24-42-80-78-40-22-38-76(92(78)98-94(80)86)72-36-20-18-34-70(72)60(3)4/h17-24,33-62,65-66H,5-16,25-32H2,1-4H3. The number of rotatable bonds is 14. The molecule has 2 heterocycles. The number of benzene rings is 12. The van der Waals surface area contributed by atoms with Crippen LogP contribution >= 0.6 is 0 Å². The van der Waals surface area contributed by atoms with Crippen molar-refractivity contribution in [3.63, 3.8) is 0 Å². The van der Waals surface area contributed by atoms with Crippen molar-refractivity contribution in [1.82, 2.24) is 0 Å². The zero-order chi connectivity index (χ0) is 65.5. The lowest BCUT2D eigenvalue weighted by Gasteiger charge is -2.33. The summed E-state index contributed by atoms with van der Waals surface area (Å²) in [7, 11) is 0. The van der Waals surface area contributed by atoms with Crippen LogP contribution in [0, 0.1) is 0 Å². The van der Waals surface area contributed by atoms with E-state index in [9.17, 15) is 0 Å². The average Bonchev–Trinajstić information content (AvgIpc) is 0.832. The fraction of sp³-hybridized carbons (Fsp3) is 0.319. The molecule has 0 aliphatic heterocycles. The normalized spacial score (nSPS) is 16.6. The summed E-state index contributed by atoms with van der Waals surface area (Å²) >= 11 is 0. The SMILES string of the molecule is CC(C)c1ccccc1-c1cccc2c1oc1c(N(c3ccc(C4CCCCC4)cc3)c3cc(C4CCCCC4)c4ccc5c(N(c6ccc(C7CCCCC7)cc6)c6cccc7c6oc6c(-c8ccccc8C(C)C)cccc67)cc(C6CCCCC6)c6ccc3c4c65)cccc12. The Balaban J connectivity index is 0.922. The minimum absolute atomic E-state index is 0.356. The molecule has 0 N–H and O–H groups in total. The molecule has 12 aromatic carbocycles. The van der Waals surface area contributed by atoms with Gasteiger partial charge < -0.3 is 18.6 Å². The Bertz CT molecular complexity index is 4940. The van der Waals surface area contributed by atoms with Crippen molar-refractivity contribution in [2.75, 3.05) is 9.80 Å². The summed E-state index contributed by atoms with van der Waals surface area (Å²) in [6, 6.07) is 80.6. The summed E-state index contributed by atoms with van der Waals surface area (Å²) in [5.41, 5.74) is 24.0. The molecular weight excluding hydrogens is 1190 g/mol. The first kappa shape index (κ1) is 61.2. The Hall–Kier alpha value is -9.12. The van der Waals surface area contributed by atoms with Crippen LogP contribution in [0.3, 0.4) is 0 Å². The molecule has 4 aliphatic carbocycles. The number of anilines is 6. The maximum atomic E-state index is 7.61. The average molecular weight is 1280 g/mol. The second-order valence-electron chi connectivity index (χ2n) is 30.6. The van der Waals surface area contributed by atoms with Crippen LogP contribution in [-0.4, -0.2) is 0 Å². The van der Waals surface area contributed by atoms with E-state index in [0.29, 0.717) is 35.5 Å². The molecule has 0 atom stereocenters. The quantitative estimate of drug-likeness (QED) is 0.102. The van der Waals surface area contributed by atoms with Crippen molar-refractivity contribution in [2.45, 2.75) is 192 Å². The van der Waals surface area contributed by atoms with Crippen molar-refractivity contribution in [3.8, 4) is 22.3 Å². The molecule has 14 aromatic rings. The summed E-state index contributed by atoms with van der Waals surface area (Å²) in [4.78, 5) is 5.27. The molecule has 0 spiro atoms. The van der Waals surface area contributed by atoms with Gasteiger partial charge in [0.15, 0.2) is 11.2 Å².